The molecular formula is C8H11N5S. The van der Waals surface area contributed by atoms with E-state index < -0.39 is 0 Å². The maximum atomic E-state index is 5.52. The average Bonchev–Trinajstić information content (AvgIpc) is 2.77. The number of nitrogens with zero attached hydrogens (tertiary/aromatic N) is 3. The Labute approximate surface area is 85.4 Å². The highest BCUT2D eigenvalue weighted by atomic mass is 32.1. The van der Waals surface area contributed by atoms with Crippen molar-refractivity contribution in [1.29, 1.82) is 0 Å². The standard InChI is InChI=1S/C8H11N5S/c9-8-12-6(4-14-8)2-1-3-7-10-5-11-13-7/h4-5H,1-3H2,(H2,9,12)(H,10,11,13). The molecule has 0 fully saturated rings. The van der Waals surface area contributed by atoms with Crippen LogP contribution in [0.5, 0.6) is 0 Å². The van der Waals surface area contributed by atoms with Crippen LogP contribution in [0.1, 0.15) is 17.9 Å². The van der Waals surface area contributed by atoms with Gasteiger partial charge in [-0.25, -0.2) is 9.97 Å². The van der Waals surface area contributed by atoms with Gasteiger partial charge in [0, 0.05) is 11.8 Å². The van der Waals surface area contributed by atoms with Gasteiger partial charge in [0.15, 0.2) is 5.13 Å². The highest BCUT2D eigenvalue weighted by molar-refractivity contribution is 7.13. The van der Waals surface area contributed by atoms with Gasteiger partial charge in [-0.1, -0.05) is 0 Å². The van der Waals surface area contributed by atoms with Gasteiger partial charge in [-0.2, -0.15) is 5.10 Å². The van der Waals surface area contributed by atoms with Gasteiger partial charge < -0.3 is 5.73 Å². The smallest absolute Gasteiger partial charge is 0.180 e. The third kappa shape index (κ3) is 2.29. The fourth-order valence-corrected chi connectivity index (χ4v) is 1.82. The summed E-state index contributed by atoms with van der Waals surface area (Å²) < 4.78 is 0. The maximum absolute atomic E-state index is 5.52. The lowest BCUT2D eigenvalue weighted by Crippen LogP contribution is -1.93. The fraction of sp³-hybridized carbons (Fsp3) is 0.375. The molecule has 3 N–H and O–H groups in total. The largest absolute Gasteiger partial charge is 0.375 e. The first kappa shape index (κ1) is 9.14. The van der Waals surface area contributed by atoms with Gasteiger partial charge >= 0.3 is 0 Å². The van der Waals surface area contributed by atoms with E-state index >= 15 is 0 Å². The number of rotatable bonds is 4. The quantitative estimate of drug-likeness (QED) is 0.787. The highest BCUT2D eigenvalue weighted by Gasteiger charge is 2.00. The lowest BCUT2D eigenvalue weighted by molar-refractivity contribution is 0.764. The summed E-state index contributed by atoms with van der Waals surface area (Å²) >= 11 is 1.48. The van der Waals surface area contributed by atoms with Gasteiger partial charge in [-0.05, 0) is 12.8 Å². The Balaban J connectivity index is 1.78. The van der Waals surface area contributed by atoms with Gasteiger partial charge in [0.25, 0.3) is 0 Å². The van der Waals surface area contributed by atoms with Crippen molar-refractivity contribution >= 4 is 16.5 Å². The Hall–Kier alpha value is -1.43. The minimum Gasteiger partial charge on any atom is -0.375 e. The Kier molecular flexibility index (Phi) is 2.73. The molecule has 2 aromatic rings. The van der Waals surface area contributed by atoms with E-state index in [1.165, 1.54) is 17.7 Å². The van der Waals surface area contributed by atoms with Gasteiger partial charge in [0.1, 0.15) is 12.2 Å². The van der Waals surface area contributed by atoms with E-state index in [0.717, 1.165) is 30.8 Å². The number of hydrogen-bond acceptors (Lipinski definition) is 5. The average molecular weight is 209 g/mol. The number of aromatic amines is 1. The molecule has 74 valence electrons. The zero-order valence-corrected chi connectivity index (χ0v) is 8.42. The summed E-state index contributed by atoms with van der Waals surface area (Å²) in [5.74, 6) is 0.924. The predicted molar refractivity (Wildman–Crippen MR) is 54.9 cm³/mol. The van der Waals surface area contributed by atoms with Gasteiger partial charge in [0.2, 0.25) is 0 Å². The second-order valence-electron chi connectivity index (χ2n) is 2.96. The molecule has 2 heterocycles. The molecular weight excluding hydrogens is 198 g/mol. The number of nitrogen functional groups attached to an aromatic ring is 1. The molecule has 0 radical (unpaired) electrons. The van der Waals surface area contributed by atoms with Crippen molar-refractivity contribution in [3.63, 3.8) is 0 Å². The first-order valence-corrected chi connectivity index (χ1v) is 5.26. The molecule has 0 amide bonds. The number of H-pyrrole nitrogens is 1. The molecule has 0 saturated carbocycles. The number of aryl methyl sites for hydroxylation is 2. The van der Waals surface area contributed by atoms with Gasteiger partial charge in [0.05, 0.1) is 5.69 Å². The third-order valence-electron chi connectivity index (χ3n) is 1.88. The summed E-state index contributed by atoms with van der Waals surface area (Å²) in [5.41, 5.74) is 6.59. The van der Waals surface area contributed by atoms with Crippen LogP contribution in [0.4, 0.5) is 5.13 Å². The van der Waals surface area contributed by atoms with E-state index in [4.69, 9.17) is 5.73 Å². The monoisotopic (exact) mass is 209 g/mol. The Morgan fingerprint density at radius 1 is 1.43 bits per heavy atom. The molecule has 2 rings (SSSR count). The van der Waals surface area contributed by atoms with Crippen molar-refractivity contribution in [1.82, 2.24) is 20.2 Å². The number of thiazole rings is 1. The van der Waals surface area contributed by atoms with Crippen LogP contribution < -0.4 is 5.73 Å². The normalized spacial score (nSPS) is 10.6. The Morgan fingerprint density at radius 2 is 2.36 bits per heavy atom. The summed E-state index contributed by atoms with van der Waals surface area (Å²) in [6.07, 6.45) is 4.38. The molecule has 0 atom stereocenters. The van der Waals surface area contributed by atoms with Crippen LogP contribution in [-0.2, 0) is 12.8 Å². The van der Waals surface area contributed by atoms with E-state index in [1.54, 1.807) is 0 Å². The van der Waals surface area contributed by atoms with E-state index in [1.807, 2.05) is 5.38 Å². The van der Waals surface area contributed by atoms with Crippen molar-refractivity contribution in [3.05, 3.63) is 23.2 Å². The summed E-state index contributed by atoms with van der Waals surface area (Å²) in [7, 11) is 0. The fourth-order valence-electron chi connectivity index (χ4n) is 1.23. The van der Waals surface area contributed by atoms with Gasteiger partial charge in [-0.3, -0.25) is 5.10 Å². The van der Waals surface area contributed by atoms with Crippen molar-refractivity contribution in [2.75, 3.05) is 5.73 Å². The SMILES string of the molecule is Nc1nc(CCCc2ncn[nH]2)cs1. The summed E-state index contributed by atoms with van der Waals surface area (Å²) in [5, 5.41) is 9.24. The Bertz CT molecular complexity index is 380. The zero-order valence-electron chi connectivity index (χ0n) is 7.60. The molecule has 2 aromatic heterocycles. The summed E-state index contributed by atoms with van der Waals surface area (Å²) in [6, 6.07) is 0. The van der Waals surface area contributed by atoms with Crippen LogP contribution in [0.25, 0.3) is 0 Å². The van der Waals surface area contributed by atoms with Crippen LogP contribution in [0.15, 0.2) is 11.7 Å². The van der Waals surface area contributed by atoms with Crippen molar-refractivity contribution in [2.24, 2.45) is 0 Å². The molecule has 0 aliphatic carbocycles. The molecule has 0 bridgehead atoms. The van der Waals surface area contributed by atoms with Crippen molar-refractivity contribution in [3.8, 4) is 0 Å². The van der Waals surface area contributed by atoms with Gasteiger partial charge in [-0.15, -0.1) is 11.3 Å². The molecule has 5 nitrogen and oxygen atoms in total. The molecule has 0 aliphatic heterocycles. The van der Waals surface area contributed by atoms with Crippen LogP contribution in [0.3, 0.4) is 0 Å². The van der Waals surface area contributed by atoms with E-state index in [0.29, 0.717) is 5.13 Å². The second-order valence-corrected chi connectivity index (χ2v) is 3.85. The number of anilines is 1. The minimum absolute atomic E-state index is 0.639. The summed E-state index contributed by atoms with van der Waals surface area (Å²) in [4.78, 5) is 8.22. The van der Waals surface area contributed by atoms with Crippen LogP contribution in [0.2, 0.25) is 0 Å². The first-order valence-electron chi connectivity index (χ1n) is 4.39. The van der Waals surface area contributed by atoms with Crippen molar-refractivity contribution in [2.45, 2.75) is 19.3 Å². The van der Waals surface area contributed by atoms with Crippen LogP contribution in [-0.4, -0.2) is 20.2 Å². The predicted octanol–water partition coefficient (Wildman–Crippen LogP) is 1.02. The highest BCUT2D eigenvalue weighted by Crippen LogP contribution is 2.12. The number of aromatic nitrogens is 4. The second kappa shape index (κ2) is 4.19. The Morgan fingerprint density at radius 3 is 3.00 bits per heavy atom. The van der Waals surface area contributed by atoms with Crippen molar-refractivity contribution < 1.29 is 0 Å². The topological polar surface area (TPSA) is 80.5 Å². The van der Waals surface area contributed by atoms with E-state index in [2.05, 4.69) is 20.2 Å². The number of nitrogens with one attached hydrogen (secondary N) is 1. The first-order chi connectivity index (χ1) is 6.84. The molecule has 0 spiro atoms. The number of hydrogen-bond donors (Lipinski definition) is 2. The van der Waals surface area contributed by atoms with Crippen LogP contribution in [0, 0.1) is 0 Å². The number of nitrogens with two attached hydrogens (primary N) is 1. The van der Waals surface area contributed by atoms with Crippen LogP contribution >= 0.6 is 11.3 Å². The minimum atomic E-state index is 0.639. The maximum Gasteiger partial charge on any atom is 0.180 e. The lowest BCUT2D eigenvalue weighted by atomic mass is 10.2. The van der Waals surface area contributed by atoms with E-state index in [-0.39, 0.29) is 0 Å². The zero-order chi connectivity index (χ0) is 9.80. The summed E-state index contributed by atoms with van der Waals surface area (Å²) in [6.45, 7) is 0. The molecule has 14 heavy (non-hydrogen) atoms. The molecule has 0 aromatic carbocycles. The van der Waals surface area contributed by atoms with E-state index in [9.17, 15) is 0 Å². The lowest BCUT2D eigenvalue weighted by Gasteiger charge is -1.94. The molecule has 0 unspecified atom stereocenters. The third-order valence-corrected chi connectivity index (χ3v) is 2.60. The molecule has 0 aliphatic rings. The molecule has 6 heteroatoms. The molecule has 0 saturated heterocycles.